The number of hydrogen-bond donors (Lipinski definition) is 1. The van der Waals surface area contributed by atoms with E-state index in [2.05, 4.69) is 5.32 Å². The summed E-state index contributed by atoms with van der Waals surface area (Å²) in [6.45, 7) is -0.330. The Labute approximate surface area is 179 Å². The molecular weight excluding hydrogens is 396 g/mol. The average Bonchev–Trinajstić information content (AvgIpc) is 2.81. The number of anilines is 1. The molecule has 1 amide bonds. The first kappa shape index (κ1) is 21.4. The summed E-state index contributed by atoms with van der Waals surface area (Å²) in [5.41, 5.74) is 1.93. The first-order valence-electron chi connectivity index (χ1n) is 9.47. The highest BCUT2D eigenvalue weighted by atomic mass is 16.6. The van der Waals surface area contributed by atoms with E-state index in [0.29, 0.717) is 29.4 Å². The molecule has 156 valence electrons. The molecule has 31 heavy (non-hydrogen) atoms. The van der Waals surface area contributed by atoms with Crippen molar-refractivity contribution in [3.05, 3.63) is 90.0 Å². The molecule has 7 nitrogen and oxygen atoms in total. The first-order valence-corrected chi connectivity index (χ1v) is 9.47. The van der Waals surface area contributed by atoms with Gasteiger partial charge in [-0.25, -0.2) is 4.79 Å². The van der Waals surface area contributed by atoms with Crippen LogP contribution in [-0.2, 0) is 20.9 Å². The van der Waals surface area contributed by atoms with Gasteiger partial charge in [0.2, 0.25) is 0 Å². The molecule has 0 aliphatic heterocycles. The third-order valence-corrected chi connectivity index (χ3v) is 4.07. The van der Waals surface area contributed by atoms with Crippen molar-refractivity contribution < 1.29 is 23.8 Å². The van der Waals surface area contributed by atoms with Gasteiger partial charge in [-0.3, -0.25) is 4.79 Å². The summed E-state index contributed by atoms with van der Waals surface area (Å²) in [5, 5.41) is 11.4. The number of amides is 1. The van der Waals surface area contributed by atoms with Gasteiger partial charge in [0.1, 0.15) is 18.1 Å². The molecule has 0 aliphatic carbocycles. The Bertz CT molecular complexity index is 1060. The summed E-state index contributed by atoms with van der Waals surface area (Å²) in [5.74, 6) is -0.0358. The second-order valence-corrected chi connectivity index (χ2v) is 6.44. The Morgan fingerprint density at radius 1 is 0.839 bits per heavy atom. The van der Waals surface area contributed by atoms with Crippen molar-refractivity contribution in [2.24, 2.45) is 0 Å². The Balaban J connectivity index is 1.37. The van der Waals surface area contributed by atoms with E-state index in [-0.39, 0.29) is 6.61 Å². The molecule has 0 atom stereocenters. The molecule has 0 saturated heterocycles. The van der Waals surface area contributed by atoms with Gasteiger partial charge in [0.05, 0.1) is 11.6 Å². The lowest BCUT2D eigenvalue weighted by Crippen LogP contribution is -2.23. The number of carbonyl (C=O) groups is 2. The number of benzene rings is 3. The molecule has 0 aliphatic rings. The van der Waals surface area contributed by atoms with Crippen LogP contribution in [0.4, 0.5) is 5.69 Å². The van der Waals surface area contributed by atoms with E-state index in [0.717, 1.165) is 5.56 Å². The van der Waals surface area contributed by atoms with E-state index in [1.165, 1.54) is 6.07 Å². The topological polar surface area (TPSA) is 97.7 Å². The fourth-order valence-corrected chi connectivity index (χ4v) is 2.57. The minimum Gasteiger partial charge on any atom is -0.489 e. The van der Waals surface area contributed by atoms with Crippen LogP contribution >= 0.6 is 0 Å². The molecule has 0 unspecified atom stereocenters. The summed E-state index contributed by atoms with van der Waals surface area (Å²) >= 11 is 0. The number of carbonyl (C=O) groups excluding carboxylic acids is 2. The van der Waals surface area contributed by atoms with Crippen LogP contribution in [0.1, 0.15) is 11.1 Å². The maximum atomic E-state index is 11.9. The lowest BCUT2D eigenvalue weighted by atomic mass is 10.2. The fourth-order valence-electron chi connectivity index (χ4n) is 2.57. The Hall–Kier alpha value is -4.31. The van der Waals surface area contributed by atoms with E-state index >= 15 is 0 Å². The van der Waals surface area contributed by atoms with E-state index in [9.17, 15) is 9.59 Å². The molecule has 0 heterocycles. The molecule has 0 bridgehead atoms. The highest BCUT2D eigenvalue weighted by molar-refractivity contribution is 5.93. The van der Waals surface area contributed by atoms with Crippen LogP contribution in [0.2, 0.25) is 0 Å². The molecule has 0 aromatic heterocycles. The van der Waals surface area contributed by atoms with E-state index in [4.69, 9.17) is 19.5 Å². The zero-order chi connectivity index (χ0) is 21.9. The minimum absolute atomic E-state index is 0.332. The van der Waals surface area contributed by atoms with Gasteiger partial charge in [0.25, 0.3) is 5.91 Å². The quantitative estimate of drug-likeness (QED) is 0.534. The highest BCUT2D eigenvalue weighted by Crippen LogP contribution is 2.18. The van der Waals surface area contributed by atoms with Crippen LogP contribution in [0.3, 0.4) is 0 Å². The maximum absolute atomic E-state index is 11.9. The van der Waals surface area contributed by atoms with Gasteiger partial charge in [-0.2, -0.15) is 5.26 Å². The molecule has 0 fully saturated rings. The summed E-state index contributed by atoms with van der Waals surface area (Å²) < 4.78 is 16.0. The van der Waals surface area contributed by atoms with Crippen molar-refractivity contribution in [1.29, 1.82) is 5.26 Å². The van der Waals surface area contributed by atoms with Crippen molar-refractivity contribution in [3.8, 4) is 17.6 Å². The van der Waals surface area contributed by atoms with Crippen LogP contribution in [0.15, 0.2) is 78.9 Å². The number of rotatable bonds is 9. The second kappa shape index (κ2) is 11.0. The predicted octanol–water partition coefficient (Wildman–Crippen LogP) is 3.70. The SMILES string of the molecule is N#Cc1cccc(NC(=O)COC(=O)COc2ccc(OCc3ccccc3)cc2)c1. The minimum atomic E-state index is -0.676. The molecule has 0 spiro atoms. The van der Waals surface area contributed by atoms with E-state index in [1.807, 2.05) is 36.4 Å². The maximum Gasteiger partial charge on any atom is 0.344 e. The normalized spacial score (nSPS) is 9.90. The number of nitriles is 1. The monoisotopic (exact) mass is 416 g/mol. The highest BCUT2D eigenvalue weighted by Gasteiger charge is 2.09. The zero-order valence-electron chi connectivity index (χ0n) is 16.6. The largest absolute Gasteiger partial charge is 0.489 e. The molecule has 0 radical (unpaired) electrons. The predicted molar refractivity (Wildman–Crippen MR) is 113 cm³/mol. The molecule has 0 saturated carbocycles. The fraction of sp³-hybridized carbons (Fsp3) is 0.125. The van der Waals surface area contributed by atoms with E-state index in [1.54, 1.807) is 42.5 Å². The smallest absolute Gasteiger partial charge is 0.344 e. The molecular formula is C24H20N2O5. The van der Waals surface area contributed by atoms with Gasteiger partial charge in [0.15, 0.2) is 13.2 Å². The first-order chi connectivity index (χ1) is 15.1. The Morgan fingerprint density at radius 2 is 1.55 bits per heavy atom. The third-order valence-electron chi connectivity index (χ3n) is 4.07. The van der Waals surface area contributed by atoms with Crippen LogP contribution in [-0.4, -0.2) is 25.1 Å². The number of esters is 1. The van der Waals surface area contributed by atoms with Gasteiger partial charge in [-0.1, -0.05) is 36.4 Å². The van der Waals surface area contributed by atoms with Gasteiger partial charge in [-0.15, -0.1) is 0 Å². The van der Waals surface area contributed by atoms with Crippen molar-refractivity contribution in [1.82, 2.24) is 0 Å². The zero-order valence-corrected chi connectivity index (χ0v) is 16.6. The summed E-state index contributed by atoms with van der Waals surface area (Å²) in [6, 6.07) is 25.1. The average molecular weight is 416 g/mol. The van der Waals surface area contributed by atoms with Crippen molar-refractivity contribution in [3.63, 3.8) is 0 Å². The van der Waals surface area contributed by atoms with Crippen molar-refractivity contribution in [2.75, 3.05) is 18.5 Å². The van der Waals surface area contributed by atoms with Crippen LogP contribution < -0.4 is 14.8 Å². The van der Waals surface area contributed by atoms with Crippen LogP contribution in [0, 0.1) is 11.3 Å². The molecule has 3 aromatic carbocycles. The Morgan fingerprint density at radius 3 is 2.26 bits per heavy atom. The van der Waals surface area contributed by atoms with Gasteiger partial charge < -0.3 is 19.5 Å². The number of hydrogen-bond acceptors (Lipinski definition) is 6. The van der Waals surface area contributed by atoms with Gasteiger partial charge in [0, 0.05) is 5.69 Å². The van der Waals surface area contributed by atoms with E-state index < -0.39 is 18.5 Å². The van der Waals surface area contributed by atoms with Crippen LogP contribution in [0.5, 0.6) is 11.5 Å². The lowest BCUT2D eigenvalue weighted by Gasteiger charge is -2.09. The number of ether oxygens (including phenoxy) is 3. The summed E-state index contributed by atoms with van der Waals surface area (Å²) in [7, 11) is 0. The molecule has 7 heteroatoms. The van der Waals surface area contributed by atoms with Gasteiger partial charge >= 0.3 is 5.97 Å². The second-order valence-electron chi connectivity index (χ2n) is 6.44. The summed E-state index contributed by atoms with van der Waals surface area (Å²) in [6.07, 6.45) is 0. The van der Waals surface area contributed by atoms with Crippen LogP contribution in [0.25, 0.3) is 0 Å². The standard InChI is InChI=1S/C24H20N2O5/c25-14-19-7-4-8-20(13-19)26-23(27)16-31-24(28)17-30-22-11-9-21(10-12-22)29-15-18-5-2-1-3-6-18/h1-13H,15-17H2,(H,26,27). The molecule has 3 rings (SSSR count). The van der Waals surface area contributed by atoms with Crippen molar-refractivity contribution in [2.45, 2.75) is 6.61 Å². The lowest BCUT2D eigenvalue weighted by molar-refractivity contribution is -0.149. The van der Waals surface area contributed by atoms with Gasteiger partial charge in [-0.05, 0) is 48.0 Å². The molecule has 1 N–H and O–H groups in total. The van der Waals surface area contributed by atoms with Crippen molar-refractivity contribution >= 4 is 17.6 Å². The summed E-state index contributed by atoms with van der Waals surface area (Å²) in [4.78, 5) is 23.7. The molecule has 3 aromatic rings. The number of nitrogens with zero attached hydrogens (tertiary/aromatic N) is 1. The Kier molecular flexibility index (Phi) is 7.61. The number of nitrogens with one attached hydrogen (secondary N) is 1. The third kappa shape index (κ3) is 7.22.